The van der Waals surface area contributed by atoms with Crippen molar-refractivity contribution >= 4 is 29.4 Å². The largest absolute Gasteiger partial charge is 0.461 e. The number of hydrogen-bond donors (Lipinski definition) is 1. The van der Waals surface area contributed by atoms with Gasteiger partial charge >= 0.3 is 0 Å². The molecule has 0 unspecified atom stereocenters. The second kappa shape index (κ2) is 4.92. The SMILES string of the molecule is O=C1NC(=O)[C@H]2[C@@H]1[C@@H](C(=O)c1ccco1)N1c3ccccc3C=C[C@H]21. The number of hydrogen-bond acceptors (Lipinski definition) is 5. The minimum atomic E-state index is -0.765. The molecule has 4 heterocycles. The summed E-state index contributed by atoms with van der Waals surface area (Å²) in [6, 6.07) is 9.81. The Kier molecular flexibility index (Phi) is 2.80. The minimum absolute atomic E-state index is 0.198. The summed E-state index contributed by atoms with van der Waals surface area (Å²) in [4.78, 5) is 39.8. The van der Waals surface area contributed by atoms with Crippen LogP contribution < -0.4 is 10.2 Å². The fourth-order valence-corrected chi connectivity index (χ4v) is 4.30. The molecule has 6 nitrogen and oxygen atoms in total. The lowest BCUT2D eigenvalue weighted by Gasteiger charge is -2.35. The van der Waals surface area contributed by atoms with Crippen molar-refractivity contribution in [3.05, 3.63) is 60.1 Å². The van der Waals surface area contributed by atoms with Crippen molar-refractivity contribution in [2.45, 2.75) is 12.1 Å². The summed E-state index contributed by atoms with van der Waals surface area (Å²) in [5.74, 6) is -2.07. The molecule has 0 spiro atoms. The van der Waals surface area contributed by atoms with Crippen LogP contribution in [-0.2, 0) is 9.59 Å². The van der Waals surface area contributed by atoms with Crippen molar-refractivity contribution < 1.29 is 18.8 Å². The third-order valence-corrected chi connectivity index (χ3v) is 5.29. The molecule has 6 heteroatoms. The molecule has 0 aliphatic carbocycles. The predicted octanol–water partition coefficient (Wildman–Crippen LogP) is 1.64. The van der Waals surface area contributed by atoms with Crippen LogP contribution in [-0.4, -0.2) is 29.7 Å². The van der Waals surface area contributed by atoms with Crippen LogP contribution in [0.1, 0.15) is 16.1 Å². The van der Waals surface area contributed by atoms with Gasteiger partial charge in [-0.1, -0.05) is 30.4 Å². The van der Waals surface area contributed by atoms with E-state index in [9.17, 15) is 14.4 Å². The molecule has 0 saturated carbocycles. The number of nitrogens with zero attached hydrogens (tertiary/aromatic N) is 1. The molecular weight excluding hydrogens is 320 g/mol. The van der Waals surface area contributed by atoms with Gasteiger partial charge in [-0.05, 0) is 23.8 Å². The van der Waals surface area contributed by atoms with E-state index in [0.717, 1.165) is 11.3 Å². The Morgan fingerprint density at radius 3 is 2.64 bits per heavy atom. The van der Waals surface area contributed by atoms with Crippen molar-refractivity contribution in [1.29, 1.82) is 0 Å². The highest BCUT2D eigenvalue weighted by atomic mass is 16.3. The molecular formula is C19H14N2O4. The molecule has 2 fully saturated rings. The number of carbonyl (C=O) groups excluding carboxylic acids is 3. The van der Waals surface area contributed by atoms with Gasteiger partial charge in [-0.2, -0.15) is 0 Å². The molecule has 1 aromatic carbocycles. The van der Waals surface area contributed by atoms with Gasteiger partial charge in [0.15, 0.2) is 5.76 Å². The highest BCUT2D eigenvalue weighted by Crippen LogP contribution is 2.46. The molecule has 2 aromatic rings. The van der Waals surface area contributed by atoms with Crippen molar-refractivity contribution in [3.8, 4) is 0 Å². The number of nitrogens with one attached hydrogen (secondary N) is 1. The molecule has 3 aliphatic heterocycles. The van der Waals surface area contributed by atoms with Gasteiger partial charge in [-0.15, -0.1) is 0 Å². The van der Waals surface area contributed by atoms with E-state index in [0.29, 0.717) is 0 Å². The molecule has 5 rings (SSSR count). The Morgan fingerprint density at radius 2 is 1.84 bits per heavy atom. The molecule has 1 N–H and O–H groups in total. The van der Waals surface area contributed by atoms with Crippen LogP contribution in [0.2, 0.25) is 0 Å². The number of imide groups is 1. The van der Waals surface area contributed by atoms with Crippen molar-refractivity contribution in [3.63, 3.8) is 0 Å². The maximum atomic E-state index is 13.1. The monoisotopic (exact) mass is 334 g/mol. The smallest absolute Gasteiger partial charge is 0.233 e. The van der Waals surface area contributed by atoms with Crippen LogP contribution in [0, 0.1) is 11.8 Å². The summed E-state index contributed by atoms with van der Waals surface area (Å²) in [5, 5.41) is 2.38. The lowest BCUT2D eigenvalue weighted by molar-refractivity contribution is -0.126. The zero-order chi connectivity index (χ0) is 17.1. The second-order valence-electron chi connectivity index (χ2n) is 6.51. The number of anilines is 1. The van der Waals surface area contributed by atoms with Gasteiger partial charge in [0, 0.05) is 5.69 Å². The Balaban J connectivity index is 1.69. The molecule has 0 radical (unpaired) electrons. The minimum Gasteiger partial charge on any atom is -0.461 e. The average Bonchev–Trinajstić information content (AvgIpc) is 3.32. The highest BCUT2D eigenvalue weighted by molar-refractivity contribution is 6.13. The molecule has 4 atom stereocenters. The van der Waals surface area contributed by atoms with Crippen LogP contribution in [0.25, 0.3) is 6.08 Å². The Bertz CT molecular complexity index is 931. The van der Waals surface area contributed by atoms with Gasteiger partial charge in [-0.3, -0.25) is 19.7 Å². The Morgan fingerprint density at radius 1 is 1.04 bits per heavy atom. The first-order chi connectivity index (χ1) is 12.2. The topological polar surface area (TPSA) is 79.6 Å². The maximum absolute atomic E-state index is 13.1. The van der Waals surface area contributed by atoms with Crippen LogP contribution in [0.4, 0.5) is 5.69 Å². The van der Waals surface area contributed by atoms with E-state index in [2.05, 4.69) is 5.32 Å². The third-order valence-electron chi connectivity index (χ3n) is 5.29. The van der Waals surface area contributed by atoms with Crippen LogP contribution >= 0.6 is 0 Å². The number of para-hydroxylation sites is 1. The number of rotatable bonds is 2. The Labute approximate surface area is 143 Å². The summed E-state index contributed by atoms with van der Waals surface area (Å²) in [7, 11) is 0. The number of Topliss-reactive ketones (excluding diaryl/α,β-unsaturated/α-hetero) is 1. The van der Waals surface area contributed by atoms with Crippen LogP contribution in [0.5, 0.6) is 0 Å². The van der Waals surface area contributed by atoms with Gasteiger partial charge in [0.2, 0.25) is 17.6 Å². The van der Waals surface area contributed by atoms with E-state index >= 15 is 0 Å². The lowest BCUT2D eigenvalue weighted by atomic mass is 9.87. The zero-order valence-corrected chi connectivity index (χ0v) is 13.1. The van der Waals surface area contributed by atoms with E-state index < -0.39 is 17.9 Å². The normalized spacial score (nSPS) is 29.2. The van der Waals surface area contributed by atoms with E-state index in [1.54, 1.807) is 12.1 Å². The van der Waals surface area contributed by atoms with Gasteiger partial charge in [0.25, 0.3) is 0 Å². The van der Waals surface area contributed by atoms with Crippen molar-refractivity contribution in [2.75, 3.05) is 4.90 Å². The third kappa shape index (κ3) is 1.82. The van der Waals surface area contributed by atoms with E-state index in [4.69, 9.17) is 4.42 Å². The van der Waals surface area contributed by atoms with Crippen molar-refractivity contribution in [2.24, 2.45) is 11.8 Å². The first kappa shape index (κ1) is 14.2. The number of carbonyl (C=O) groups is 3. The van der Waals surface area contributed by atoms with Gasteiger partial charge in [-0.25, -0.2) is 0 Å². The van der Waals surface area contributed by atoms with E-state index in [1.165, 1.54) is 6.26 Å². The Hall–Kier alpha value is -3.15. The first-order valence-electron chi connectivity index (χ1n) is 8.15. The molecule has 2 saturated heterocycles. The maximum Gasteiger partial charge on any atom is 0.233 e. The lowest BCUT2D eigenvalue weighted by Crippen LogP contribution is -2.47. The van der Waals surface area contributed by atoms with Crippen LogP contribution in [0.3, 0.4) is 0 Å². The summed E-state index contributed by atoms with van der Waals surface area (Å²) in [6.07, 6.45) is 5.29. The number of benzene rings is 1. The standard InChI is InChI=1S/C19H14N2O4/c22-17(13-6-3-9-25-13)16-15-14(18(23)20-19(15)24)12-8-7-10-4-1-2-5-11(10)21(12)16/h1-9,12,14-16H,(H,20,23,24)/t12-,14-,15-,16+/m1/s1. The first-order valence-corrected chi connectivity index (χ1v) is 8.15. The molecule has 3 aliphatic rings. The van der Waals surface area contributed by atoms with Crippen LogP contribution in [0.15, 0.2) is 53.2 Å². The summed E-state index contributed by atoms with van der Waals surface area (Å²) in [6.45, 7) is 0. The summed E-state index contributed by atoms with van der Waals surface area (Å²) < 4.78 is 5.28. The van der Waals surface area contributed by atoms with Gasteiger partial charge in [0.1, 0.15) is 6.04 Å². The predicted molar refractivity (Wildman–Crippen MR) is 88.7 cm³/mol. The molecule has 0 bridgehead atoms. The quantitative estimate of drug-likeness (QED) is 0.667. The number of furan rings is 1. The summed E-state index contributed by atoms with van der Waals surface area (Å²) >= 11 is 0. The second-order valence-corrected chi connectivity index (χ2v) is 6.51. The number of ketones is 1. The highest BCUT2D eigenvalue weighted by Gasteiger charge is 2.61. The fraction of sp³-hybridized carbons (Fsp3) is 0.211. The fourth-order valence-electron chi connectivity index (χ4n) is 4.30. The zero-order valence-electron chi connectivity index (χ0n) is 13.1. The molecule has 2 amide bonds. The number of amides is 2. The summed E-state index contributed by atoms with van der Waals surface area (Å²) in [5.41, 5.74) is 1.82. The van der Waals surface area contributed by atoms with Gasteiger partial charge < -0.3 is 9.32 Å². The number of fused-ring (bicyclic) bond motifs is 5. The molecule has 1 aromatic heterocycles. The van der Waals surface area contributed by atoms with Gasteiger partial charge in [0.05, 0.1) is 24.1 Å². The average molecular weight is 334 g/mol. The van der Waals surface area contributed by atoms with E-state index in [1.807, 2.05) is 41.3 Å². The van der Waals surface area contributed by atoms with E-state index in [-0.39, 0.29) is 29.4 Å². The van der Waals surface area contributed by atoms with Crippen molar-refractivity contribution in [1.82, 2.24) is 5.32 Å². The molecule has 25 heavy (non-hydrogen) atoms. The molecule has 124 valence electrons.